The molecule has 0 aliphatic rings. The fourth-order valence-electron chi connectivity index (χ4n) is 0.637. The predicted octanol–water partition coefficient (Wildman–Crippen LogP) is 1.02. The zero-order valence-corrected chi connectivity index (χ0v) is 10.9. The Morgan fingerprint density at radius 3 is 1.00 bits per heavy atom. The third kappa shape index (κ3) is 23.4. The van der Waals surface area contributed by atoms with Crippen LogP contribution < -0.4 is 0 Å². The molecule has 4 N–H and O–H groups in total. The summed E-state index contributed by atoms with van der Waals surface area (Å²) in [6.07, 6.45) is 0. The van der Waals surface area contributed by atoms with Gasteiger partial charge in [0.1, 0.15) is 0 Å². The molecule has 0 aromatic heterocycles. The minimum atomic E-state index is -3.13. The normalized spacial score (nSPS) is 9.00. The topological polar surface area (TPSA) is 115 Å². The average Bonchev–Trinajstić information content (AvgIpc) is 2.08. The summed E-state index contributed by atoms with van der Waals surface area (Å²) in [5.41, 5.74) is 2.66. The second-order valence-electron chi connectivity index (χ2n) is 2.72. The van der Waals surface area contributed by atoms with Gasteiger partial charge in [-0.2, -0.15) is 0 Å². The van der Waals surface area contributed by atoms with Gasteiger partial charge < -0.3 is 19.6 Å². The maximum Gasteiger partial charge on any atom is 0.314 e. The van der Waals surface area contributed by atoms with Crippen molar-refractivity contribution >= 4 is 16.5 Å². The van der Waals surface area contributed by atoms with Crippen molar-refractivity contribution in [3.8, 4) is 0 Å². The van der Waals surface area contributed by atoms with Crippen LogP contribution in [0.15, 0.2) is 24.3 Å². The van der Waals surface area contributed by atoms with Crippen LogP contribution in [0.1, 0.15) is 11.1 Å². The largest absolute Gasteiger partial charge is 0.326 e. The maximum atomic E-state index is 8.74. The molecule has 8 heteroatoms. The van der Waals surface area contributed by atoms with Crippen LogP contribution in [-0.2, 0) is 9.13 Å². The first-order valence-corrected chi connectivity index (χ1v) is 6.73. The molecule has 0 fully saturated rings. The minimum absolute atomic E-state index is 1.33. The van der Waals surface area contributed by atoms with Crippen LogP contribution in [0.5, 0.6) is 0 Å². The summed E-state index contributed by atoms with van der Waals surface area (Å²) in [5, 5.41) is 0. The van der Waals surface area contributed by atoms with Crippen LogP contribution >= 0.6 is 16.5 Å². The summed E-state index contributed by atoms with van der Waals surface area (Å²) < 4.78 is 17.5. The molecule has 0 unspecified atom stereocenters. The monoisotopic (exact) mass is 270 g/mol. The van der Waals surface area contributed by atoms with Crippen molar-refractivity contribution in [2.45, 2.75) is 13.8 Å². The van der Waals surface area contributed by atoms with Crippen LogP contribution in [0.4, 0.5) is 0 Å². The molecule has 1 aromatic carbocycles. The van der Waals surface area contributed by atoms with E-state index in [-0.39, 0.29) is 0 Å². The van der Waals surface area contributed by atoms with E-state index in [1.54, 1.807) is 0 Å². The Labute approximate surface area is 95.1 Å². The van der Waals surface area contributed by atoms with Gasteiger partial charge in [-0.25, -0.2) is 0 Å². The Bertz CT molecular complexity index is 283. The Morgan fingerprint density at radius 1 is 0.750 bits per heavy atom. The van der Waals surface area contributed by atoms with E-state index in [2.05, 4.69) is 38.1 Å². The minimum Gasteiger partial charge on any atom is -0.326 e. The molecule has 0 spiro atoms. The molecule has 1 aromatic rings. The standard InChI is InChI=1S/C8H10.2H3O3P/c1-7-3-5-8(2)6-4-7;2*1-4(2)3/h3-6H,1-2H3;2*4H,(H2,1,2,3). The van der Waals surface area contributed by atoms with E-state index >= 15 is 0 Å². The van der Waals surface area contributed by atoms with E-state index in [9.17, 15) is 0 Å². The molecule has 0 heterocycles. The second-order valence-corrected chi connectivity index (χ2v) is 3.85. The van der Waals surface area contributed by atoms with E-state index in [0.717, 1.165) is 0 Å². The van der Waals surface area contributed by atoms with E-state index in [1.165, 1.54) is 11.1 Å². The summed E-state index contributed by atoms with van der Waals surface area (Å²) >= 11 is 0. The highest BCUT2D eigenvalue weighted by molar-refractivity contribution is 7.31. The number of hydrogen-bond donors (Lipinski definition) is 4. The van der Waals surface area contributed by atoms with Crippen molar-refractivity contribution in [2.75, 3.05) is 0 Å². The number of rotatable bonds is 0. The quantitative estimate of drug-likeness (QED) is 0.523. The molecule has 0 saturated carbocycles. The van der Waals surface area contributed by atoms with Crippen molar-refractivity contribution in [2.24, 2.45) is 0 Å². The van der Waals surface area contributed by atoms with Gasteiger partial charge in [0, 0.05) is 0 Å². The zero-order valence-electron chi connectivity index (χ0n) is 8.91. The Kier molecular flexibility index (Phi) is 12.3. The molecule has 0 aliphatic carbocycles. The van der Waals surface area contributed by atoms with E-state index in [4.69, 9.17) is 28.7 Å². The van der Waals surface area contributed by atoms with Crippen molar-refractivity contribution < 1.29 is 28.7 Å². The molecule has 0 aliphatic heterocycles. The van der Waals surface area contributed by atoms with Gasteiger partial charge in [0.15, 0.2) is 0 Å². The smallest absolute Gasteiger partial charge is 0.314 e. The van der Waals surface area contributed by atoms with E-state index < -0.39 is 16.5 Å². The van der Waals surface area contributed by atoms with Crippen LogP contribution in [0.3, 0.4) is 0 Å². The van der Waals surface area contributed by atoms with Gasteiger partial charge in [-0.15, -0.1) is 0 Å². The molecule has 0 bridgehead atoms. The van der Waals surface area contributed by atoms with Gasteiger partial charge in [0.05, 0.1) is 0 Å². The second kappa shape index (κ2) is 11.0. The molecule has 0 amide bonds. The molecule has 16 heavy (non-hydrogen) atoms. The van der Waals surface area contributed by atoms with Crippen LogP contribution in [0.25, 0.3) is 0 Å². The molecular weight excluding hydrogens is 254 g/mol. The molecular formula is C8H16O6P2. The summed E-state index contributed by atoms with van der Waals surface area (Å²) in [5.74, 6) is 0. The van der Waals surface area contributed by atoms with Gasteiger partial charge in [-0.3, -0.25) is 9.13 Å². The highest BCUT2D eigenvalue weighted by atomic mass is 31.1. The average molecular weight is 270 g/mol. The third-order valence-corrected chi connectivity index (χ3v) is 1.22. The van der Waals surface area contributed by atoms with Crippen molar-refractivity contribution in [3.05, 3.63) is 35.4 Å². The fourth-order valence-corrected chi connectivity index (χ4v) is 0.637. The number of hydrogen-bond acceptors (Lipinski definition) is 2. The van der Waals surface area contributed by atoms with Crippen LogP contribution in [0.2, 0.25) is 0 Å². The number of aryl methyl sites for hydroxylation is 2. The van der Waals surface area contributed by atoms with Crippen molar-refractivity contribution in [1.29, 1.82) is 0 Å². The summed E-state index contributed by atoms with van der Waals surface area (Å²) in [7, 11) is -6.26. The first-order valence-electron chi connectivity index (χ1n) is 4.12. The van der Waals surface area contributed by atoms with E-state index in [0.29, 0.717) is 0 Å². The molecule has 94 valence electrons. The number of benzene rings is 1. The molecule has 0 atom stereocenters. The lowest BCUT2D eigenvalue weighted by atomic mass is 10.2. The Hall–Kier alpha value is -0.480. The zero-order chi connectivity index (χ0) is 13.1. The molecule has 6 nitrogen and oxygen atoms in total. The van der Waals surface area contributed by atoms with Gasteiger partial charge in [-0.05, 0) is 13.8 Å². The lowest BCUT2D eigenvalue weighted by Gasteiger charge is -1.90. The van der Waals surface area contributed by atoms with Crippen molar-refractivity contribution in [3.63, 3.8) is 0 Å². The first-order chi connectivity index (χ1) is 7.25. The van der Waals surface area contributed by atoms with Gasteiger partial charge >= 0.3 is 16.5 Å². The summed E-state index contributed by atoms with van der Waals surface area (Å²) in [4.78, 5) is 28.6. The van der Waals surface area contributed by atoms with Gasteiger partial charge in [0.2, 0.25) is 0 Å². The Balaban J connectivity index is 0. The van der Waals surface area contributed by atoms with Gasteiger partial charge in [0.25, 0.3) is 0 Å². The summed E-state index contributed by atoms with van der Waals surface area (Å²) in [6.45, 7) is 4.19. The van der Waals surface area contributed by atoms with Gasteiger partial charge in [-0.1, -0.05) is 35.4 Å². The first kappa shape index (κ1) is 17.9. The molecule has 0 radical (unpaired) electrons. The third-order valence-electron chi connectivity index (χ3n) is 1.22. The summed E-state index contributed by atoms with van der Waals surface area (Å²) in [6, 6.07) is 8.48. The predicted molar refractivity (Wildman–Crippen MR) is 62.8 cm³/mol. The SMILES string of the molecule is Cc1ccc(C)cc1.O=[PH](O)O.O=[PH](O)O. The maximum absolute atomic E-state index is 8.74. The lowest BCUT2D eigenvalue weighted by molar-refractivity contribution is 0.403. The van der Waals surface area contributed by atoms with Crippen LogP contribution in [0, 0.1) is 13.8 Å². The van der Waals surface area contributed by atoms with Crippen molar-refractivity contribution in [1.82, 2.24) is 0 Å². The molecule has 1 rings (SSSR count). The van der Waals surface area contributed by atoms with E-state index in [1.807, 2.05) is 0 Å². The highest BCUT2D eigenvalue weighted by Gasteiger charge is 1.79. The highest BCUT2D eigenvalue weighted by Crippen LogP contribution is 1.99. The Morgan fingerprint density at radius 2 is 0.875 bits per heavy atom. The molecule has 0 saturated heterocycles. The fraction of sp³-hybridized carbons (Fsp3) is 0.250. The lowest BCUT2D eigenvalue weighted by Crippen LogP contribution is -1.70. The van der Waals surface area contributed by atoms with Crippen LogP contribution in [-0.4, -0.2) is 19.6 Å².